The average molecular weight is 315 g/mol. The Kier molecular flexibility index (Phi) is 4.85. The predicted octanol–water partition coefficient (Wildman–Crippen LogP) is 1.48. The molecule has 1 aromatic rings. The summed E-state index contributed by atoms with van der Waals surface area (Å²) in [5, 5.41) is 0. The van der Waals surface area contributed by atoms with E-state index in [1.807, 2.05) is 7.05 Å². The molecule has 0 amide bonds. The van der Waals surface area contributed by atoms with Gasteiger partial charge in [0.15, 0.2) is 0 Å². The molecule has 1 unspecified atom stereocenters. The number of hydrogen-bond acceptors (Lipinski definition) is 4. The second kappa shape index (κ2) is 6.29. The van der Waals surface area contributed by atoms with Crippen LogP contribution in [0.1, 0.15) is 24.8 Å². The molecule has 7 heteroatoms. The summed E-state index contributed by atoms with van der Waals surface area (Å²) < 4.78 is 40.7. The van der Waals surface area contributed by atoms with Crippen molar-refractivity contribution in [3.05, 3.63) is 23.5 Å². The molecule has 0 aromatic heterocycles. The molecule has 0 bridgehead atoms. The molecule has 0 radical (unpaired) electrons. The van der Waals surface area contributed by atoms with Gasteiger partial charge in [-0.15, -0.1) is 0 Å². The van der Waals surface area contributed by atoms with Gasteiger partial charge in [-0.2, -0.15) is 0 Å². The maximum atomic E-state index is 13.5. The number of piperidine rings is 1. The summed E-state index contributed by atoms with van der Waals surface area (Å²) in [6, 6.07) is 2.67. The van der Waals surface area contributed by atoms with Crippen molar-refractivity contribution in [3.63, 3.8) is 0 Å². The van der Waals surface area contributed by atoms with Crippen molar-refractivity contribution in [1.82, 2.24) is 9.62 Å². The van der Waals surface area contributed by atoms with E-state index in [9.17, 15) is 12.8 Å². The first kappa shape index (κ1) is 16.2. The molecule has 2 rings (SSSR count). The van der Waals surface area contributed by atoms with Crippen molar-refractivity contribution in [2.45, 2.75) is 37.1 Å². The number of nitrogens with one attached hydrogen (secondary N) is 1. The van der Waals surface area contributed by atoms with Gasteiger partial charge in [0.2, 0.25) is 10.0 Å². The van der Waals surface area contributed by atoms with Crippen molar-refractivity contribution >= 4 is 15.7 Å². The highest BCUT2D eigenvalue weighted by Gasteiger charge is 2.23. The van der Waals surface area contributed by atoms with Crippen LogP contribution in [0.3, 0.4) is 0 Å². The lowest BCUT2D eigenvalue weighted by Gasteiger charge is -2.32. The van der Waals surface area contributed by atoms with Gasteiger partial charge < -0.3 is 10.6 Å². The Morgan fingerprint density at radius 1 is 1.43 bits per heavy atom. The molecular weight excluding hydrogens is 293 g/mol. The first-order valence-electron chi connectivity index (χ1n) is 7.07. The van der Waals surface area contributed by atoms with Crippen molar-refractivity contribution in [2.75, 3.05) is 25.9 Å². The Hall–Kier alpha value is -1.18. The van der Waals surface area contributed by atoms with E-state index in [4.69, 9.17) is 5.73 Å². The van der Waals surface area contributed by atoms with Crippen molar-refractivity contribution < 1.29 is 12.8 Å². The second-order valence-electron chi connectivity index (χ2n) is 5.63. The number of likely N-dealkylation sites (N-methyl/N-ethyl adjacent to an activating group) is 1. The number of benzene rings is 1. The summed E-state index contributed by atoms with van der Waals surface area (Å²) >= 11 is 0. The fourth-order valence-corrected chi connectivity index (χ4v) is 3.80. The fourth-order valence-electron chi connectivity index (χ4n) is 2.61. The van der Waals surface area contributed by atoms with Crippen LogP contribution in [-0.2, 0) is 10.0 Å². The van der Waals surface area contributed by atoms with Crippen LogP contribution in [0.5, 0.6) is 0 Å². The van der Waals surface area contributed by atoms with Crippen LogP contribution >= 0.6 is 0 Å². The van der Waals surface area contributed by atoms with E-state index >= 15 is 0 Å². The summed E-state index contributed by atoms with van der Waals surface area (Å²) in [7, 11) is -1.67. The number of halogens is 1. The average Bonchev–Trinajstić information content (AvgIpc) is 2.43. The zero-order chi connectivity index (χ0) is 15.6. The van der Waals surface area contributed by atoms with E-state index in [0.717, 1.165) is 31.9 Å². The minimum absolute atomic E-state index is 0.0114. The summed E-state index contributed by atoms with van der Waals surface area (Å²) in [5.74, 6) is -0.569. The number of nitrogens with two attached hydrogens (primary N) is 1. The third-order valence-corrected chi connectivity index (χ3v) is 5.40. The first-order chi connectivity index (χ1) is 9.81. The Morgan fingerprint density at radius 2 is 2.14 bits per heavy atom. The van der Waals surface area contributed by atoms with Crippen LogP contribution in [0.25, 0.3) is 0 Å². The number of sulfonamides is 1. The number of hydrogen-bond donors (Lipinski definition) is 2. The van der Waals surface area contributed by atoms with Crippen LogP contribution in [-0.4, -0.2) is 39.5 Å². The van der Waals surface area contributed by atoms with Crippen molar-refractivity contribution in [1.29, 1.82) is 0 Å². The standard InChI is InChI=1S/C14H22FN3O2S/c1-10-7-12(8-13(16)14(10)15)21(19,20)17-9-11-5-3-4-6-18(11)2/h7-8,11,17H,3-6,9,16H2,1-2H3. The lowest BCUT2D eigenvalue weighted by Crippen LogP contribution is -2.44. The Labute approximate surface area is 125 Å². The van der Waals surface area contributed by atoms with E-state index < -0.39 is 15.8 Å². The van der Waals surface area contributed by atoms with Crippen molar-refractivity contribution in [3.8, 4) is 0 Å². The summed E-state index contributed by atoms with van der Waals surface area (Å²) in [6.07, 6.45) is 3.23. The topological polar surface area (TPSA) is 75.4 Å². The van der Waals surface area contributed by atoms with Crippen molar-refractivity contribution in [2.24, 2.45) is 0 Å². The third-order valence-electron chi connectivity index (χ3n) is 4.00. The highest BCUT2D eigenvalue weighted by atomic mass is 32.2. The van der Waals surface area contributed by atoms with Crippen LogP contribution in [0.2, 0.25) is 0 Å². The molecular formula is C14H22FN3O2S. The Balaban J connectivity index is 2.11. The maximum absolute atomic E-state index is 13.5. The zero-order valence-corrected chi connectivity index (χ0v) is 13.2. The fraction of sp³-hybridized carbons (Fsp3) is 0.571. The summed E-state index contributed by atoms with van der Waals surface area (Å²) in [6.45, 7) is 2.84. The van der Waals surface area contributed by atoms with Crippen LogP contribution in [0.15, 0.2) is 17.0 Å². The number of nitrogen functional groups attached to an aromatic ring is 1. The molecule has 1 fully saturated rings. The summed E-state index contributed by atoms with van der Waals surface area (Å²) in [5.41, 5.74) is 5.58. The number of likely N-dealkylation sites (tertiary alicyclic amines) is 1. The van der Waals surface area contributed by atoms with E-state index in [0.29, 0.717) is 6.54 Å². The number of anilines is 1. The Bertz CT molecular complexity index is 596. The number of nitrogens with zero attached hydrogens (tertiary/aromatic N) is 1. The minimum Gasteiger partial charge on any atom is -0.396 e. The lowest BCUT2D eigenvalue weighted by molar-refractivity contribution is 0.187. The predicted molar refractivity (Wildman–Crippen MR) is 81.0 cm³/mol. The van der Waals surface area contributed by atoms with Crippen LogP contribution < -0.4 is 10.5 Å². The Morgan fingerprint density at radius 3 is 2.76 bits per heavy atom. The molecule has 1 atom stereocenters. The van der Waals surface area contributed by atoms with Gasteiger partial charge in [-0.1, -0.05) is 6.42 Å². The zero-order valence-electron chi connectivity index (χ0n) is 12.4. The molecule has 1 aliphatic heterocycles. The van der Waals surface area contributed by atoms with E-state index in [1.165, 1.54) is 13.0 Å². The molecule has 118 valence electrons. The molecule has 21 heavy (non-hydrogen) atoms. The van der Waals surface area contributed by atoms with E-state index in [-0.39, 0.29) is 22.2 Å². The molecule has 1 heterocycles. The van der Waals surface area contributed by atoms with Gasteiger partial charge in [-0.3, -0.25) is 0 Å². The van der Waals surface area contributed by atoms with E-state index in [1.54, 1.807) is 0 Å². The number of rotatable bonds is 4. The number of aryl methyl sites for hydroxylation is 1. The highest BCUT2D eigenvalue weighted by molar-refractivity contribution is 7.89. The SMILES string of the molecule is Cc1cc(S(=O)(=O)NCC2CCCCN2C)cc(N)c1F. The van der Waals surface area contributed by atoms with Gasteiger partial charge in [-0.25, -0.2) is 17.5 Å². The molecule has 0 saturated carbocycles. The van der Waals surface area contributed by atoms with Crippen LogP contribution in [0, 0.1) is 12.7 Å². The van der Waals surface area contributed by atoms with Crippen LogP contribution in [0.4, 0.5) is 10.1 Å². The minimum atomic E-state index is -3.67. The van der Waals surface area contributed by atoms with Gasteiger partial charge in [0, 0.05) is 12.6 Å². The molecule has 1 aliphatic rings. The normalized spacial score (nSPS) is 20.6. The third kappa shape index (κ3) is 3.72. The van der Waals surface area contributed by atoms with Gasteiger partial charge in [0.1, 0.15) is 5.82 Å². The largest absolute Gasteiger partial charge is 0.396 e. The molecule has 3 N–H and O–H groups in total. The maximum Gasteiger partial charge on any atom is 0.240 e. The quantitative estimate of drug-likeness (QED) is 0.825. The summed E-state index contributed by atoms with van der Waals surface area (Å²) in [4.78, 5) is 2.17. The highest BCUT2D eigenvalue weighted by Crippen LogP contribution is 2.21. The smallest absolute Gasteiger partial charge is 0.240 e. The van der Waals surface area contributed by atoms with E-state index in [2.05, 4.69) is 9.62 Å². The first-order valence-corrected chi connectivity index (χ1v) is 8.55. The van der Waals surface area contributed by atoms with Gasteiger partial charge >= 0.3 is 0 Å². The second-order valence-corrected chi connectivity index (χ2v) is 7.39. The lowest BCUT2D eigenvalue weighted by atomic mass is 10.0. The van der Waals surface area contributed by atoms with Gasteiger partial charge in [0.25, 0.3) is 0 Å². The van der Waals surface area contributed by atoms with Gasteiger partial charge in [0.05, 0.1) is 10.6 Å². The molecule has 0 aliphatic carbocycles. The monoisotopic (exact) mass is 315 g/mol. The molecule has 1 saturated heterocycles. The molecule has 0 spiro atoms. The molecule has 5 nitrogen and oxygen atoms in total. The molecule has 1 aromatic carbocycles. The van der Waals surface area contributed by atoms with Gasteiger partial charge in [-0.05, 0) is 51.1 Å².